The molecule has 0 aliphatic carbocycles. The summed E-state index contributed by atoms with van der Waals surface area (Å²) in [4.78, 5) is 44.1. The number of ether oxygens (including phenoxy) is 13. The number of rotatable bonds is 20. The molecule has 0 spiro atoms. The van der Waals surface area contributed by atoms with E-state index in [1.165, 1.54) is 20.8 Å². The van der Waals surface area contributed by atoms with Crippen LogP contribution in [0.15, 0.2) is 70.9 Å². The molecule has 9 unspecified atom stereocenters. The summed E-state index contributed by atoms with van der Waals surface area (Å²) in [5.74, 6) is -4.58. The van der Waals surface area contributed by atoms with Gasteiger partial charge in [0, 0.05) is 36.5 Å². The fourth-order valence-electron chi connectivity index (χ4n) is 9.72. The van der Waals surface area contributed by atoms with Crippen LogP contribution in [0.3, 0.4) is 0 Å². The van der Waals surface area contributed by atoms with Gasteiger partial charge in [-0.05, 0) is 54.3 Å². The molecule has 0 aromatic heterocycles. The second kappa shape index (κ2) is 27.9. The van der Waals surface area contributed by atoms with E-state index in [9.17, 15) is 25.4 Å². The Kier molecular flexibility index (Phi) is 22.2. The minimum atomic E-state index is -2.32. The normalized spacial score (nSPS) is 35.6. The highest BCUT2D eigenvalue weighted by molar-refractivity contribution is 6.76. The molecule has 26 heteroatoms. The zero-order valence-electron chi connectivity index (χ0n) is 43.5. The maximum absolute atomic E-state index is 13.1. The molecule has 4 saturated heterocycles. The Morgan fingerprint density at radius 2 is 1.04 bits per heavy atom. The molecule has 6 rings (SSSR count). The Morgan fingerprint density at radius 1 is 0.579 bits per heavy atom. The van der Waals surface area contributed by atoms with Crippen molar-refractivity contribution in [1.29, 1.82) is 5.41 Å². The highest BCUT2D eigenvalue weighted by Crippen LogP contribution is 2.42. The molecule has 2 aromatic rings. The number of alkyl halides is 3. The fourth-order valence-corrected chi connectivity index (χ4v) is 9.85. The van der Waals surface area contributed by atoms with Crippen LogP contribution in [-0.4, -0.2) is 139 Å². The number of hydrogen-bond donors (Lipinski definition) is 1. The lowest BCUT2D eigenvalue weighted by Gasteiger charge is -2.51. The molecule has 2 aromatic carbocycles. The van der Waals surface area contributed by atoms with Crippen molar-refractivity contribution in [3.05, 3.63) is 92.7 Å². The number of benzene rings is 2. The first-order chi connectivity index (χ1) is 36.1. The van der Waals surface area contributed by atoms with Crippen LogP contribution < -0.4 is 0 Å². The van der Waals surface area contributed by atoms with Gasteiger partial charge in [0.1, 0.15) is 37.1 Å². The molecular weight excluding hydrogens is 1060 g/mol. The number of esters is 3. The molecule has 0 radical (unpaired) electrons. The molecule has 0 saturated carbocycles. The predicted molar refractivity (Wildman–Crippen MR) is 271 cm³/mol. The number of carbonyl (C=O) groups excluding carboxylic acids is 3. The molecule has 23 nitrogen and oxygen atoms in total. The lowest BCUT2D eigenvalue weighted by atomic mass is 9.87. The fraction of sp³-hybridized carbons (Fsp3) is 0.680. The summed E-state index contributed by atoms with van der Waals surface area (Å²) in [5, 5.41) is 16.3. The predicted octanol–water partition coefficient (Wildman–Crippen LogP) is 8.72. The Morgan fingerprint density at radius 3 is 1.53 bits per heavy atom. The Hall–Kier alpha value is -4.55. The third-order valence-electron chi connectivity index (χ3n) is 13.7. The standard InChI is InChI=1S/C50H66Cl3N7O16/c1-10-34-38(73-47-43(69-30(8)62)40(24(2)27(5)67-47)65-21-32-17-13-11-14-18-32)25(3)36(57-59-55)45(71-34)75-41-28(6)68-48(44(70-31(9)63)42(41)66-22-33-19-15-12-16-20-33)74-39-26(4)37(58-60-56)46(76-49(54)50(51,52)53)72-35(39)23-64-29(7)61/h11-20,24-28,34-48,54H,10,21-23H2,1-9H3/t24-,25?,26-,27+,28?,34-,35?,36?,37?,38+,39-,40?,41+,42-,43?,44?,45-,46?,47-,48+/m1/s1. The van der Waals surface area contributed by atoms with Gasteiger partial charge in [-0.15, -0.1) is 0 Å². The highest BCUT2D eigenvalue weighted by Gasteiger charge is 2.56. The first-order valence-corrected chi connectivity index (χ1v) is 26.1. The first kappa shape index (κ1) is 60.7. The minimum absolute atomic E-state index is 0.0269. The van der Waals surface area contributed by atoms with Gasteiger partial charge in [0.15, 0.2) is 31.1 Å². The maximum atomic E-state index is 13.1. The topological polar surface area (TPSA) is 293 Å². The third kappa shape index (κ3) is 15.6. The van der Waals surface area contributed by atoms with Gasteiger partial charge in [0.05, 0.1) is 49.8 Å². The zero-order chi connectivity index (χ0) is 55.4. The van der Waals surface area contributed by atoms with Crippen molar-refractivity contribution >= 4 is 58.6 Å². The molecule has 0 amide bonds. The average molecular weight is 1130 g/mol. The summed E-state index contributed by atoms with van der Waals surface area (Å²) in [6.07, 6.45) is -15.8. The van der Waals surface area contributed by atoms with Crippen LogP contribution in [0.2, 0.25) is 0 Å². The van der Waals surface area contributed by atoms with Gasteiger partial charge in [0.25, 0.3) is 3.79 Å². The summed E-state index contributed by atoms with van der Waals surface area (Å²) in [6, 6.07) is 16.4. The summed E-state index contributed by atoms with van der Waals surface area (Å²) in [6.45, 7) is 14.3. The summed E-state index contributed by atoms with van der Waals surface area (Å²) in [7, 11) is 0. The van der Waals surface area contributed by atoms with Crippen LogP contribution >= 0.6 is 34.8 Å². The molecule has 20 atom stereocenters. The van der Waals surface area contributed by atoms with Gasteiger partial charge in [-0.1, -0.05) is 133 Å². The van der Waals surface area contributed by atoms with E-state index in [0.717, 1.165) is 11.1 Å². The number of hydrogen-bond acceptors (Lipinski definition) is 19. The van der Waals surface area contributed by atoms with Gasteiger partial charge >= 0.3 is 17.9 Å². The van der Waals surface area contributed by atoms with Crippen molar-refractivity contribution < 1.29 is 76.0 Å². The van der Waals surface area contributed by atoms with E-state index in [4.69, 9.17) is 102 Å². The van der Waals surface area contributed by atoms with E-state index in [-0.39, 0.29) is 19.1 Å². The van der Waals surface area contributed by atoms with Crippen LogP contribution in [0.1, 0.15) is 79.9 Å². The second-order valence-electron chi connectivity index (χ2n) is 19.1. The number of halogens is 3. The van der Waals surface area contributed by atoms with Gasteiger partial charge in [-0.25, -0.2) is 0 Å². The van der Waals surface area contributed by atoms with Crippen molar-refractivity contribution in [3.63, 3.8) is 0 Å². The van der Waals surface area contributed by atoms with E-state index in [2.05, 4.69) is 20.1 Å². The summed E-state index contributed by atoms with van der Waals surface area (Å²) < 4.78 is 79.9. The Bertz CT molecular complexity index is 2350. The molecule has 4 aliphatic heterocycles. The molecule has 1 N–H and O–H groups in total. The van der Waals surface area contributed by atoms with Crippen molar-refractivity contribution in [2.24, 2.45) is 28.0 Å². The molecule has 4 aliphatic rings. The van der Waals surface area contributed by atoms with E-state index >= 15 is 0 Å². The first-order valence-electron chi connectivity index (χ1n) is 24.9. The molecule has 4 fully saturated rings. The lowest BCUT2D eigenvalue weighted by molar-refractivity contribution is -0.368. The number of nitrogens with zero attached hydrogens (tertiary/aromatic N) is 6. The van der Waals surface area contributed by atoms with Crippen LogP contribution in [0, 0.1) is 23.2 Å². The van der Waals surface area contributed by atoms with E-state index in [0.29, 0.717) is 6.42 Å². The van der Waals surface area contributed by atoms with E-state index in [1.54, 1.807) is 13.8 Å². The van der Waals surface area contributed by atoms with Crippen LogP contribution in [0.25, 0.3) is 20.9 Å². The van der Waals surface area contributed by atoms with Gasteiger partial charge in [0.2, 0.25) is 12.2 Å². The molecule has 76 heavy (non-hydrogen) atoms. The quantitative estimate of drug-likeness (QED) is 0.0189. The third-order valence-corrected chi connectivity index (χ3v) is 14.2. The van der Waals surface area contributed by atoms with Crippen LogP contribution in [0.4, 0.5) is 0 Å². The summed E-state index contributed by atoms with van der Waals surface area (Å²) in [5.41, 5.74) is 21.4. The smallest absolute Gasteiger partial charge is 0.303 e. The Balaban J connectivity index is 1.31. The molecule has 4 heterocycles. The second-order valence-corrected chi connectivity index (χ2v) is 21.4. The van der Waals surface area contributed by atoms with Crippen molar-refractivity contribution in [2.75, 3.05) is 6.61 Å². The van der Waals surface area contributed by atoms with Crippen molar-refractivity contribution in [2.45, 2.75) is 190 Å². The monoisotopic (exact) mass is 1130 g/mol. The molecule has 0 bridgehead atoms. The minimum Gasteiger partial charge on any atom is -0.463 e. The van der Waals surface area contributed by atoms with E-state index in [1.807, 2.05) is 88.4 Å². The maximum Gasteiger partial charge on any atom is 0.303 e. The van der Waals surface area contributed by atoms with Gasteiger partial charge in [-0.2, -0.15) is 0 Å². The molecule has 418 valence electrons. The van der Waals surface area contributed by atoms with E-state index < -0.39 is 150 Å². The van der Waals surface area contributed by atoms with Gasteiger partial charge < -0.3 is 61.6 Å². The largest absolute Gasteiger partial charge is 0.463 e. The number of nitrogens with one attached hydrogen (secondary N) is 1. The lowest BCUT2D eigenvalue weighted by Crippen LogP contribution is -2.65. The average Bonchev–Trinajstić information content (AvgIpc) is 3.39. The zero-order valence-corrected chi connectivity index (χ0v) is 45.8. The summed E-state index contributed by atoms with van der Waals surface area (Å²) >= 11 is 17.8. The van der Waals surface area contributed by atoms with Crippen LogP contribution in [-0.2, 0) is 89.2 Å². The SMILES string of the molecule is CC[C@H]1O[C@H](O[C@H]2C(C)O[C@@H](O[C@H]3C(COC(C)=O)OC(OC(=N)C(Cl)(Cl)Cl)C(N=[N+]=[N-])[C@H]3C)C(OC(C)=O)[C@@H]2OCc2ccccc2)C(N=[N+]=[N-])C(C)[C@@H]1O[C@H]1O[C@@H](C)[C@@H](C)C(OCc2ccccc2)C1OC(C)=O. The van der Waals surface area contributed by atoms with Crippen molar-refractivity contribution in [3.8, 4) is 0 Å². The van der Waals surface area contributed by atoms with Gasteiger partial charge in [-0.3, -0.25) is 19.8 Å². The molecular formula is C50H66Cl3N7O16. The van der Waals surface area contributed by atoms with Crippen LogP contribution in [0.5, 0.6) is 0 Å². The number of carbonyl (C=O) groups is 3. The Labute approximate surface area is 455 Å². The highest BCUT2D eigenvalue weighted by atomic mass is 35.6. The van der Waals surface area contributed by atoms with Crippen molar-refractivity contribution in [1.82, 2.24) is 0 Å². The number of azide groups is 2.